The number of anilines is 1. The van der Waals surface area contributed by atoms with Gasteiger partial charge in [-0.25, -0.2) is 0 Å². The van der Waals surface area contributed by atoms with Crippen LogP contribution in [-0.4, -0.2) is 12.5 Å². The molecule has 0 unspecified atom stereocenters. The van der Waals surface area contributed by atoms with Gasteiger partial charge in [0.05, 0.1) is 5.69 Å². The molecule has 0 aliphatic rings. The number of hydrogen-bond donors (Lipinski definition) is 2. The number of nitrogens with two attached hydrogens (primary N) is 1. The number of terminal acetylenes is 1. The highest BCUT2D eigenvalue weighted by atomic mass is 32.1. The van der Waals surface area contributed by atoms with Crippen molar-refractivity contribution in [3.63, 3.8) is 0 Å². The van der Waals surface area contributed by atoms with Crippen molar-refractivity contribution in [3.8, 4) is 12.3 Å². The summed E-state index contributed by atoms with van der Waals surface area (Å²) in [5.74, 6) is 2.40. The quantitative estimate of drug-likeness (QED) is 0.581. The fourth-order valence-electron chi connectivity index (χ4n) is 0.976. The second-order valence-corrected chi connectivity index (χ2v) is 3.68. The molecule has 1 aromatic heterocycles. The van der Waals surface area contributed by atoms with Gasteiger partial charge in [-0.3, -0.25) is 4.79 Å². The highest BCUT2D eigenvalue weighted by Gasteiger charge is 2.09. The van der Waals surface area contributed by atoms with E-state index in [2.05, 4.69) is 11.2 Å². The Balaban J connectivity index is 2.37. The highest BCUT2D eigenvalue weighted by molar-refractivity contribution is 7.12. The Kier molecular flexibility index (Phi) is 4.02. The number of carbonyl (C=O) groups is 1. The average molecular weight is 208 g/mol. The summed E-state index contributed by atoms with van der Waals surface area (Å²) in [6.45, 7) is 0.598. The molecule has 14 heavy (non-hydrogen) atoms. The van der Waals surface area contributed by atoms with Crippen LogP contribution < -0.4 is 11.1 Å². The maximum absolute atomic E-state index is 11.5. The smallest absolute Gasteiger partial charge is 0.263 e. The Morgan fingerprint density at radius 1 is 1.71 bits per heavy atom. The first-order valence-corrected chi connectivity index (χ1v) is 5.18. The molecule has 0 aromatic carbocycles. The summed E-state index contributed by atoms with van der Waals surface area (Å²) >= 11 is 1.34. The summed E-state index contributed by atoms with van der Waals surface area (Å²) in [6, 6.07) is 1.72. The Morgan fingerprint density at radius 2 is 2.50 bits per heavy atom. The van der Waals surface area contributed by atoms with Gasteiger partial charge >= 0.3 is 0 Å². The van der Waals surface area contributed by atoms with E-state index < -0.39 is 0 Å². The molecule has 0 atom stereocenters. The number of hydrogen-bond acceptors (Lipinski definition) is 3. The predicted octanol–water partition coefficient (Wildman–Crippen LogP) is 1.47. The zero-order chi connectivity index (χ0) is 10.4. The van der Waals surface area contributed by atoms with Gasteiger partial charge in [-0.1, -0.05) is 0 Å². The SMILES string of the molecule is C#CCCCNC(=O)c1sccc1N. The third-order valence-electron chi connectivity index (χ3n) is 1.69. The van der Waals surface area contributed by atoms with Gasteiger partial charge in [0.1, 0.15) is 4.88 Å². The normalized spacial score (nSPS) is 9.36. The van der Waals surface area contributed by atoms with Crippen LogP contribution in [0.4, 0.5) is 5.69 Å². The van der Waals surface area contributed by atoms with Crippen molar-refractivity contribution in [1.82, 2.24) is 5.32 Å². The number of amides is 1. The van der Waals surface area contributed by atoms with Crippen LogP contribution >= 0.6 is 11.3 Å². The van der Waals surface area contributed by atoms with Crippen molar-refractivity contribution in [2.75, 3.05) is 12.3 Å². The Labute approximate surface area is 87.3 Å². The number of nitrogens with one attached hydrogen (secondary N) is 1. The van der Waals surface area contributed by atoms with Crippen LogP contribution in [0.5, 0.6) is 0 Å². The molecular formula is C10H12N2OS. The van der Waals surface area contributed by atoms with Crippen LogP contribution in [0.3, 0.4) is 0 Å². The molecule has 1 rings (SSSR count). The van der Waals surface area contributed by atoms with Crippen molar-refractivity contribution in [3.05, 3.63) is 16.3 Å². The molecule has 0 fully saturated rings. The molecule has 1 aromatic rings. The molecule has 1 heterocycles. The summed E-state index contributed by atoms with van der Waals surface area (Å²) < 4.78 is 0. The van der Waals surface area contributed by atoms with Gasteiger partial charge in [-0.2, -0.15) is 0 Å². The molecule has 0 spiro atoms. The molecule has 0 radical (unpaired) electrons. The van der Waals surface area contributed by atoms with E-state index in [0.717, 1.165) is 6.42 Å². The zero-order valence-corrected chi connectivity index (χ0v) is 8.56. The Morgan fingerprint density at radius 3 is 3.07 bits per heavy atom. The van der Waals surface area contributed by atoms with Gasteiger partial charge in [0, 0.05) is 13.0 Å². The van der Waals surface area contributed by atoms with Gasteiger partial charge in [0.15, 0.2) is 0 Å². The second-order valence-electron chi connectivity index (χ2n) is 2.77. The molecule has 1 amide bonds. The number of thiophene rings is 1. The van der Waals surface area contributed by atoms with Crippen molar-refractivity contribution >= 4 is 22.9 Å². The highest BCUT2D eigenvalue weighted by Crippen LogP contribution is 2.18. The van der Waals surface area contributed by atoms with Crippen LogP contribution in [0.25, 0.3) is 0 Å². The molecule has 4 heteroatoms. The molecule has 0 bridgehead atoms. The first-order valence-electron chi connectivity index (χ1n) is 4.30. The Bertz CT molecular complexity index is 351. The lowest BCUT2D eigenvalue weighted by Gasteiger charge is -2.02. The fraction of sp³-hybridized carbons (Fsp3) is 0.300. The van der Waals surface area contributed by atoms with Gasteiger partial charge in [-0.15, -0.1) is 23.7 Å². The topological polar surface area (TPSA) is 55.1 Å². The van der Waals surface area contributed by atoms with Crippen LogP contribution in [0.2, 0.25) is 0 Å². The number of unbranched alkanes of at least 4 members (excludes halogenated alkanes) is 1. The zero-order valence-electron chi connectivity index (χ0n) is 7.75. The van der Waals surface area contributed by atoms with Crippen molar-refractivity contribution < 1.29 is 4.79 Å². The van der Waals surface area contributed by atoms with E-state index in [4.69, 9.17) is 12.2 Å². The summed E-state index contributed by atoms with van der Waals surface area (Å²) in [5, 5.41) is 4.55. The van der Waals surface area contributed by atoms with Gasteiger partial charge in [0.25, 0.3) is 5.91 Å². The lowest BCUT2D eigenvalue weighted by atomic mass is 10.3. The van der Waals surface area contributed by atoms with Crippen molar-refractivity contribution in [1.29, 1.82) is 0 Å². The van der Waals surface area contributed by atoms with Crippen LogP contribution in [0, 0.1) is 12.3 Å². The lowest BCUT2D eigenvalue weighted by Crippen LogP contribution is -2.24. The summed E-state index contributed by atoms with van der Waals surface area (Å²) in [6.07, 6.45) is 6.56. The summed E-state index contributed by atoms with van der Waals surface area (Å²) in [5.41, 5.74) is 6.12. The molecule has 0 saturated carbocycles. The molecule has 3 nitrogen and oxygen atoms in total. The molecule has 0 aliphatic heterocycles. The first-order chi connectivity index (χ1) is 6.75. The number of rotatable bonds is 4. The van der Waals surface area contributed by atoms with E-state index in [9.17, 15) is 4.79 Å². The lowest BCUT2D eigenvalue weighted by molar-refractivity contribution is 0.0958. The third kappa shape index (κ3) is 2.79. The first kappa shape index (κ1) is 10.6. The van der Waals surface area contributed by atoms with E-state index >= 15 is 0 Å². The van der Waals surface area contributed by atoms with E-state index in [1.54, 1.807) is 11.4 Å². The third-order valence-corrected chi connectivity index (χ3v) is 2.61. The maximum atomic E-state index is 11.5. The summed E-state index contributed by atoms with van der Waals surface area (Å²) in [7, 11) is 0. The standard InChI is InChI=1S/C10H12N2OS/c1-2-3-4-6-12-10(13)9-8(11)5-7-14-9/h1,5,7H,3-4,6,11H2,(H,12,13). The van der Waals surface area contributed by atoms with Gasteiger partial charge < -0.3 is 11.1 Å². The van der Waals surface area contributed by atoms with E-state index in [1.807, 2.05) is 0 Å². The van der Waals surface area contributed by atoms with E-state index in [-0.39, 0.29) is 5.91 Å². The molecule has 3 N–H and O–H groups in total. The fourth-order valence-corrected chi connectivity index (χ4v) is 1.71. The molecule has 0 saturated heterocycles. The average Bonchev–Trinajstić information content (AvgIpc) is 2.59. The minimum atomic E-state index is -0.116. The van der Waals surface area contributed by atoms with Crippen molar-refractivity contribution in [2.45, 2.75) is 12.8 Å². The second kappa shape index (κ2) is 5.30. The predicted molar refractivity (Wildman–Crippen MR) is 59.1 cm³/mol. The minimum Gasteiger partial charge on any atom is -0.397 e. The van der Waals surface area contributed by atoms with Crippen molar-refractivity contribution in [2.24, 2.45) is 0 Å². The van der Waals surface area contributed by atoms with Gasteiger partial charge in [0.2, 0.25) is 0 Å². The number of carbonyl (C=O) groups excluding carboxylic acids is 1. The Hall–Kier alpha value is -1.47. The van der Waals surface area contributed by atoms with Crippen LogP contribution in [0.15, 0.2) is 11.4 Å². The largest absolute Gasteiger partial charge is 0.397 e. The summed E-state index contributed by atoms with van der Waals surface area (Å²) in [4.78, 5) is 12.0. The number of nitrogen functional groups attached to an aromatic ring is 1. The van der Waals surface area contributed by atoms with Crippen LogP contribution in [-0.2, 0) is 0 Å². The minimum absolute atomic E-state index is 0.116. The monoisotopic (exact) mass is 208 g/mol. The van der Waals surface area contributed by atoms with Gasteiger partial charge in [-0.05, 0) is 17.9 Å². The van der Waals surface area contributed by atoms with E-state index in [0.29, 0.717) is 23.5 Å². The van der Waals surface area contributed by atoms with E-state index in [1.165, 1.54) is 11.3 Å². The maximum Gasteiger partial charge on any atom is 0.263 e. The molecule has 0 aliphatic carbocycles. The molecule has 74 valence electrons. The molecular weight excluding hydrogens is 196 g/mol. The van der Waals surface area contributed by atoms with Crippen LogP contribution in [0.1, 0.15) is 22.5 Å².